The zero-order chi connectivity index (χ0) is 27.6. The van der Waals surface area contributed by atoms with E-state index in [0.717, 1.165) is 51.3 Å². The topological polar surface area (TPSA) is 101 Å². The van der Waals surface area contributed by atoms with Gasteiger partial charge >= 0.3 is 5.97 Å². The van der Waals surface area contributed by atoms with Gasteiger partial charge in [0.2, 0.25) is 0 Å². The van der Waals surface area contributed by atoms with Gasteiger partial charge in [0.15, 0.2) is 0 Å². The maximum atomic E-state index is 12.3. The Morgan fingerprint density at radius 1 is 1.02 bits per heavy atom. The molecule has 2 N–H and O–H groups in total. The van der Waals surface area contributed by atoms with Crippen molar-refractivity contribution in [2.24, 2.45) is 0 Å². The Morgan fingerprint density at radius 3 is 2.62 bits per heavy atom. The number of methoxy groups -OCH3 is 1. The summed E-state index contributed by atoms with van der Waals surface area (Å²) in [6.45, 7) is 2.35. The largest absolute Gasteiger partial charge is 0.496 e. The molecule has 1 aliphatic rings. The molecule has 1 saturated carbocycles. The number of fused-ring (bicyclic) bond motifs is 2. The quantitative estimate of drug-likeness (QED) is 0.222. The second kappa shape index (κ2) is 10.9. The molecule has 6 rings (SSSR count). The van der Waals surface area contributed by atoms with Gasteiger partial charge in [0.05, 0.1) is 31.7 Å². The molecule has 3 aromatic carbocycles. The first-order chi connectivity index (χ1) is 19.6. The molecule has 0 aliphatic heterocycles. The van der Waals surface area contributed by atoms with Crippen molar-refractivity contribution < 1.29 is 19.0 Å². The molecule has 0 amide bonds. The number of pyridine rings is 1. The Hall–Kier alpha value is -4.59. The molecule has 0 atom stereocenters. The summed E-state index contributed by atoms with van der Waals surface area (Å²) in [7, 11) is 1.58. The zero-order valence-corrected chi connectivity index (χ0v) is 22.7. The highest BCUT2D eigenvalue weighted by atomic mass is 16.5. The molecule has 2 aromatic heterocycles. The molecule has 8 nitrogen and oxygen atoms in total. The summed E-state index contributed by atoms with van der Waals surface area (Å²) in [4.78, 5) is 16.6. The van der Waals surface area contributed by atoms with E-state index in [9.17, 15) is 4.79 Å². The highest BCUT2D eigenvalue weighted by Gasteiger charge is 2.25. The highest BCUT2D eigenvalue weighted by molar-refractivity contribution is 6.02. The third-order valence-corrected chi connectivity index (χ3v) is 7.65. The van der Waals surface area contributed by atoms with Gasteiger partial charge in [0, 0.05) is 22.5 Å². The highest BCUT2D eigenvalue weighted by Crippen LogP contribution is 2.38. The molecule has 204 valence electrons. The van der Waals surface area contributed by atoms with Gasteiger partial charge in [0.25, 0.3) is 0 Å². The van der Waals surface area contributed by atoms with Gasteiger partial charge in [0.1, 0.15) is 29.6 Å². The Bertz CT molecular complexity index is 1710. The van der Waals surface area contributed by atoms with Gasteiger partial charge in [-0.15, -0.1) is 0 Å². The Kier molecular flexibility index (Phi) is 6.99. The fraction of sp³-hybridized carbons (Fsp3) is 0.281. The van der Waals surface area contributed by atoms with Crippen LogP contribution in [-0.2, 0) is 22.6 Å². The van der Waals surface area contributed by atoms with E-state index in [1.54, 1.807) is 20.2 Å². The van der Waals surface area contributed by atoms with E-state index in [2.05, 4.69) is 33.9 Å². The molecule has 40 heavy (non-hydrogen) atoms. The van der Waals surface area contributed by atoms with Crippen LogP contribution in [0.1, 0.15) is 43.5 Å². The van der Waals surface area contributed by atoms with Crippen LogP contribution in [0.3, 0.4) is 0 Å². The average molecular weight is 537 g/mol. The number of anilines is 1. The fourth-order valence-corrected chi connectivity index (χ4v) is 5.42. The minimum atomic E-state index is -0.327. The lowest BCUT2D eigenvalue weighted by Crippen LogP contribution is -2.18. The van der Waals surface area contributed by atoms with E-state index in [1.165, 1.54) is 6.42 Å². The average Bonchev–Trinajstić information content (AvgIpc) is 3.28. The SMILES string of the molecule is CCOC(=O)Cc1c(OC)cccc1OCc1nn(C2CCC2)c2ccc(-c3cccc4c(N)nccc34)cc12. The lowest BCUT2D eigenvalue weighted by molar-refractivity contribution is -0.142. The van der Waals surface area contributed by atoms with Crippen molar-refractivity contribution in [2.75, 3.05) is 19.5 Å². The molecule has 2 heterocycles. The van der Waals surface area contributed by atoms with Gasteiger partial charge < -0.3 is 19.9 Å². The number of nitrogens with zero attached hydrogens (tertiary/aromatic N) is 3. The molecule has 0 bridgehead atoms. The Morgan fingerprint density at radius 2 is 1.85 bits per heavy atom. The van der Waals surface area contributed by atoms with Crippen molar-refractivity contribution >= 4 is 33.5 Å². The van der Waals surface area contributed by atoms with Crippen LogP contribution in [0.25, 0.3) is 32.8 Å². The van der Waals surface area contributed by atoms with Crippen molar-refractivity contribution in [3.8, 4) is 22.6 Å². The number of aromatic nitrogens is 3. The van der Waals surface area contributed by atoms with E-state index < -0.39 is 0 Å². The summed E-state index contributed by atoms with van der Waals surface area (Å²) in [6, 6.07) is 20.5. The van der Waals surface area contributed by atoms with Crippen molar-refractivity contribution in [3.63, 3.8) is 0 Å². The number of hydrogen-bond donors (Lipinski definition) is 1. The summed E-state index contributed by atoms with van der Waals surface area (Å²) in [5, 5.41) is 8.06. The number of ether oxygens (including phenoxy) is 3. The molecule has 0 saturated heterocycles. The molecule has 0 unspecified atom stereocenters. The van der Waals surface area contributed by atoms with Gasteiger partial charge in [-0.3, -0.25) is 9.48 Å². The van der Waals surface area contributed by atoms with E-state index in [-0.39, 0.29) is 19.0 Å². The molecule has 1 fully saturated rings. The maximum Gasteiger partial charge on any atom is 0.310 e. The van der Waals surface area contributed by atoms with Crippen LogP contribution in [-0.4, -0.2) is 34.5 Å². The molecule has 0 radical (unpaired) electrons. The van der Waals surface area contributed by atoms with Crippen molar-refractivity contribution in [1.82, 2.24) is 14.8 Å². The summed E-state index contributed by atoms with van der Waals surface area (Å²) < 4.78 is 19.2. The third kappa shape index (κ3) is 4.70. The first-order valence-corrected chi connectivity index (χ1v) is 13.7. The van der Waals surface area contributed by atoms with Crippen LogP contribution >= 0.6 is 0 Å². The van der Waals surface area contributed by atoms with Crippen LogP contribution < -0.4 is 15.2 Å². The normalized spacial score (nSPS) is 13.3. The van der Waals surface area contributed by atoms with Crippen LogP contribution in [0.4, 0.5) is 5.82 Å². The summed E-state index contributed by atoms with van der Waals surface area (Å²) in [5.74, 6) is 1.35. The van der Waals surface area contributed by atoms with Crippen LogP contribution in [0.2, 0.25) is 0 Å². The lowest BCUT2D eigenvalue weighted by atomic mass is 9.93. The summed E-state index contributed by atoms with van der Waals surface area (Å²) in [6.07, 6.45) is 5.26. The van der Waals surface area contributed by atoms with E-state index in [1.807, 2.05) is 36.4 Å². The number of rotatable bonds is 9. The Balaban J connectivity index is 1.39. The minimum absolute atomic E-state index is 0.0632. The van der Waals surface area contributed by atoms with Crippen molar-refractivity contribution in [3.05, 3.63) is 78.1 Å². The molecular weight excluding hydrogens is 504 g/mol. The van der Waals surface area contributed by atoms with Crippen molar-refractivity contribution in [2.45, 2.75) is 45.3 Å². The number of esters is 1. The smallest absolute Gasteiger partial charge is 0.310 e. The first-order valence-electron chi connectivity index (χ1n) is 13.7. The number of carbonyl (C=O) groups excluding carboxylic acids is 1. The van der Waals surface area contributed by atoms with E-state index in [4.69, 9.17) is 25.0 Å². The van der Waals surface area contributed by atoms with Crippen LogP contribution in [0.5, 0.6) is 11.5 Å². The monoisotopic (exact) mass is 536 g/mol. The van der Waals surface area contributed by atoms with Gasteiger partial charge in [-0.2, -0.15) is 5.10 Å². The number of benzene rings is 3. The lowest BCUT2D eigenvalue weighted by Gasteiger charge is -2.26. The molecule has 8 heteroatoms. The van der Waals surface area contributed by atoms with Crippen LogP contribution in [0, 0.1) is 0 Å². The van der Waals surface area contributed by atoms with E-state index in [0.29, 0.717) is 35.5 Å². The summed E-state index contributed by atoms with van der Waals surface area (Å²) >= 11 is 0. The predicted molar refractivity (Wildman–Crippen MR) is 155 cm³/mol. The number of hydrogen-bond acceptors (Lipinski definition) is 7. The van der Waals surface area contributed by atoms with Gasteiger partial charge in [-0.05, 0) is 73.0 Å². The minimum Gasteiger partial charge on any atom is -0.496 e. The zero-order valence-electron chi connectivity index (χ0n) is 22.7. The number of nitrogens with two attached hydrogens (primary N) is 1. The molecule has 0 spiro atoms. The second-order valence-electron chi connectivity index (χ2n) is 10.0. The standard InChI is InChI=1S/C32H32N4O4/c1-3-39-31(37)18-26-29(38-2)11-6-12-30(26)40-19-27-25-17-20(13-14-28(25)36(35-27)21-7-4-8-21)22-9-5-10-24-23(22)15-16-34-32(24)33/h5-6,9-17,21H,3-4,7-8,18-19H2,1-2H3,(H2,33,34). The molecule has 1 aliphatic carbocycles. The fourth-order valence-electron chi connectivity index (χ4n) is 5.42. The second-order valence-corrected chi connectivity index (χ2v) is 10.0. The maximum absolute atomic E-state index is 12.3. The van der Waals surface area contributed by atoms with Crippen LogP contribution in [0.15, 0.2) is 66.9 Å². The summed E-state index contributed by atoms with van der Waals surface area (Å²) in [5.41, 5.74) is 10.9. The van der Waals surface area contributed by atoms with E-state index >= 15 is 0 Å². The van der Waals surface area contributed by atoms with Gasteiger partial charge in [-0.25, -0.2) is 4.98 Å². The predicted octanol–water partition coefficient (Wildman–Crippen LogP) is 6.25. The molecular formula is C32H32N4O4. The number of carbonyl (C=O) groups is 1. The third-order valence-electron chi connectivity index (χ3n) is 7.65. The van der Waals surface area contributed by atoms with Gasteiger partial charge in [-0.1, -0.05) is 30.3 Å². The first kappa shape index (κ1) is 25.7. The molecule has 5 aromatic rings. The number of nitrogen functional groups attached to an aromatic ring is 1. The van der Waals surface area contributed by atoms with Crippen molar-refractivity contribution in [1.29, 1.82) is 0 Å². The Labute approximate surface area is 232 Å².